The standard InChI is InChI=1S/C12H23NO2/c14-8-7-13(12-6-9-15-10-12)11-4-2-1-3-5-11/h11-12,14H,1-10H2. The van der Waals surface area contributed by atoms with Gasteiger partial charge in [-0.05, 0) is 19.3 Å². The highest BCUT2D eigenvalue weighted by Crippen LogP contribution is 2.26. The van der Waals surface area contributed by atoms with E-state index in [1.54, 1.807) is 0 Å². The molecule has 1 saturated heterocycles. The maximum atomic E-state index is 9.15. The van der Waals surface area contributed by atoms with Crippen LogP contribution in [0.4, 0.5) is 0 Å². The van der Waals surface area contributed by atoms with Crippen molar-refractivity contribution in [1.82, 2.24) is 4.90 Å². The van der Waals surface area contributed by atoms with E-state index in [9.17, 15) is 0 Å². The maximum Gasteiger partial charge on any atom is 0.0622 e. The second-order valence-electron chi connectivity index (χ2n) is 4.77. The summed E-state index contributed by atoms with van der Waals surface area (Å²) in [6, 6.07) is 1.28. The van der Waals surface area contributed by atoms with Crippen LogP contribution >= 0.6 is 0 Å². The Morgan fingerprint density at radius 2 is 1.87 bits per heavy atom. The van der Waals surface area contributed by atoms with Gasteiger partial charge in [-0.3, -0.25) is 4.90 Å². The zero-order valence-corrected chi connectivity index (χ0v) is 9.53. The normalized spacial score (nSPS) is 28.8. The van der Waals surface area contributed by atoms with Crippen molar-refractivity contribution in [2.24, 2.45) is 0 Å². The fourth-order valence-electron chi connectivity index (χ4n) is 2.98. The van der Waals surface area contributed by atoms with Gasteiger partial charge in [-0.2, -0.15) is 0 Å². The minimum Gasteiger partial charge on any atom is -0.395 e. The number of aliphatic hydroxyl groups is 1. The number of hydrogen-bond acceptors (Lipinski definition) is 3. The van der Waals surface area contributed by atoms with Crippen molar-refractivity contribution in [3.63, 3.8) is 0 Å². The smallest absolute Gasteiger partial charge is 0.0622 e. The van der Waals surface area contributed by atoms with E-state index in [0.29, 0.717) is 12.1 Å². The Morgan fingerprint density at radius 1 is 1.07 bits per heavy atom. The minimum absolute atomic E-state index is 0.285. The summed E-state index contributed by atoms with van der Waals surface area (Å²) in [5.74, 6) is 0. The average molecular weight is 213 g/mol. The molecule has 88 valence electrons. The van der Waals surface area contributed by atoms with Crippen LogP contribution in [0.2, 0.25) is 0 Å². The van der Waals surface area contributed by atoms with Gasteiger partial charge in [0.2, 0.25) is 0 Å². The Hall–Kier alpha value is -0.120. The molecule has 2 fully saturated rings. The molecule has 3 nitrogen and oxygen atoms in total. The van der Waals surface area contributed by atoms with E-state index in [-0.39, 0.29) is 6.61 Å². The summed E-state index contributed by atoms with van der Waals surface area (Å²) in [5, 5.41) is 9.15. The predicted molar refractivity (Wildman–Crippen MR) is 59.9 cm³/mol. The molecule has 1 atom stereocenters. The van der Waals surface area contributed by atoms with Gasteiger partial charge in [-0.1, -0.05) is 19.3 Å². The minimum atomic E-state index is 0.285. The molecule has 0 aromatic rings. The highest BCUT2D eigenvalue weighted by molar-refractivity contribution is 4.83. The van der Waals surface area contributed by atoms with Crippen molar-refractivity contribution in [2.75, 3.05) is 26.4 Å². The fraction of sp³-hybridized carbons (Fsp3) is 1.00. The summed E-state index contributed by atoms with van der Waals surface area (Å²) in [4.78, 5) is 2.51. The molecule has 0 bridgehead atoms. The first-order chi connectivity index (χ1) is 7.42. The van der Waals surface area contributed by atoms with Crippen molar-refractivity contribution >= 4 is 0 Å². The van der Waals surface area contributed by atoms with E-state index in [4.69, 9.17) is 9.84 Å². The number of hydrogen-bond donors (Lipinski definition) is 1. The van der Waals surface area contributed by atoms with Crippen LogP contribution in [0.25, 0.3) is 0 Å². The lowest BCUT2D eigenvalue weighted by molar-refractivity contribution is 0.0699. The molecular weight excluding hydrogens is 190 g/mol. The van der Waals surface area contributed by atoms with Gasteiger partial charge < -0.3 is 9.84 Å². The molecule has 1 heterocycles. The predicted octanol–water partition coefficient (Wildman–Crippen LogP) is 1.40. The molecule has 1 unspecified atom stereocenters. The lowest BCUT2D eigenvalue weighted by atomic mass is 9.93. The quantitative estimate of drug-likeness (QED) is 0.766. The number of nitrogens with zero attached hydrogens (tertiary/aromatic N) is 1. The van der Waals surface area contributed by atoms with Crippen LogP contribution in [0, 0.1) is 0 Å². The highest BCUT2D eigenvalue weighted by atomic mass is 16.5. The summed E-state index contributed by atoms with van der Waals surface area (Å²) in [6.07, 6.45) is 7.90. The molecule has 15 heavy (non-hydrogen) atoms. The van der Waals surface area contributed by atoms with E-state index >= 15 is 0 Å². The molecule has 0 aromatic heterocycles. The van der Waals surface area contributed by atoms with Gasteiger partial charge in [0.15, 0.2) is 0 Å². The van der Waals surface area contributed by atoms with Gasteiger partial charge >= 0.3 is 0 Å². The zero-order valence-electron chi connectivity index (χ0n) is 9.53. The van der Waals surface area contributed by atoms with E-state index < -0.39 is 0 Å². The number of ether oxygens (including phenoxy) is 1. The van der Waals surface area contributed by atoms with Crippen LogP contribution in [0.1, 0.15) is 38.5 Å². The van der Waals surface area contributed by atoms with E-state index in [1.807, 2.05) is 0 Å². The molecule has 0 aromatic carbocycles. The van der Waals surface area contributed by atoms with Crippen LogP contribution in [-0.4, -0.2) is 48.5 Å². The first kappa shape index (κ1) is 11.4. The molecule has 0 spiro atoms. The third-order valence-electron chi connectivity index (χ3n) is 3.78. The van der Waals surface area contributed by atoms with Gasteiger partial charge in [0.25, 0.3) is 0 Å². The maximum absolute atomic E-state index is 9.15. The summed E-state index contributed by atoms with van der Waals surface area (Å²) >= 11 is 0. The Bertz CT molecular complexity index is 174. The summed E-state index contributed by atoms with van der Waals surface area (Å²) in [6.45, 7) is 2.89. The molecule has 0 radical (unpaired) electrons. The van der Waals surface area contributed by atoms with Gasteiger partial charge in [0, 0.05) is 25.2 Å². The molecular formula is C12H23NO2. The fourth-order valence-corrected chi connectivity index (χ4v) is 2.98. The number of rotatable bonds is 4. The van der Waals surface area contributed by atoms with Crippen LogP contribution < -0.4 is 0 Å². The molecule has 2 aliphatic rings. The van der Waals surface area contributed by atoms with Crippen LogP contribution in [-0.2, 0) is 4.74 Å². The van der Waals surface area contributed by atoms with Crippen LogP contribution in [0.15, 0.2) is 0 Å². The Labute approximate surface area is 92.4 Å². The zero-order chi connectivity index (χ0) is 10.5. The van der Waals surface area contributed by atoms with Crippen molar-refractivity contribution in [3.8, 4) is 0 Å². The third kappa shape index (κ3) is 2.92. The monoisotopic (exact) mass is 213 g/mol. The average Bonchev–Trinajstić information content (AvgIpc) is 2.80. The molecule has 0 amide bonds. The Morgan fingerprint density at radius 3 is 2.47 bits per heavy atom. The first-order valence-electron chi connectivity index (χ1n) is 6.36. The lowest BCUT2D eigenvalue weighted by Crippen LogP contribution is -2.46. The second-order valence-corrected chi connectivity index (χ2v) is 4.77. The molecule has 3 heteroatoms. The first-order valence-corrected chi connectivity index (χ1v) is 6.36. The third-order valence-corrected chi connectivity index (χ3v) is 3.78. The molecule has 1 saturated carbocycles. The molecule has 1 N–H and O–H groups in total. The summed E-state index contributed by atoms with van der Waals surface area (Å²) < 4.78 is 5.45. The lowest BCUT2D eigenvalue weighted by Gasteiger charge is -2.37. The second kappa shape index (κ2) is 5.83. The molecule has 1 aliphatic heterocycles. The van der Waals surface area contributed by atoms with Gasteiger partial charge in [-0.25, -0.2) is 0 Å². The van der Waals surface area contributed by atoms with E-state index in [1.165, 1.54) is 32.1 Å². The largest absolute Gasteiger partial charge is 0.395 e. The Kier molecular flexibility index (Phi) is 4.42. The summed E-state index contributed by atoms with van der Waals surface area (Å²) in [7, 11) is 0. The van der Waals surface area contributed by atoms with Gasteiger partial charge in [0.05, 0.1) is 13.2 Å². The van der Waals surface area contributed by atoms with Gasteiger partial charge in [-0.15, -0.1) is 0 Å². The Balaban J connectivity index is 1.90. The van der Waals surface area contributed by atoms with Crippen molar-refractivity contribution in [2.45, 2.75) is 50.6 Å². The topological polar surface area (TPSA) is 32.7 Å². The molecule has 1 aliphatic carbocycles. The number of aliphatic hydroxyl groups excluding tert-OH is 1. The molecule has 2 rings (SSSR count). The highest BCUT2D eigenvalue weighted by Gasteiger charge is 2.29. The van der Waals surface area contributed by atoms with Crippen molar-refractivity contribution < 1.29 is 9.84 Å². The van der Waals surface area contributed by atoms with E-state index in [0.717, 1.165) is 26.2 Å². The van der Waals surface area contributed by atoms with Gasteiger partial charge in [0.1, 0.15) is 0 Å². The van der Waals surface area contributed by atoms with Crippen LogP contribution in [0.5, 0.6) is 0 Å². The summed E-state index contributed by atoms with van der Waals surface area (Å²) in [5.41, 5.74) is 0. The van der Waals surface area contributed by atoms with E-state index in [2.05, 4.69) is 4.90 Å². The SMILES string of the molecule is OCCN(C1CCCCC1)C1CCOC1. The van der Waals surface area contributed by atoms with Crippen LogP contribution in [0.3, 0.4) is 0 Å². The van der Waals surface area contributed by atoms with Crippen molar-refractivity contribution in [1.29, 1.82) is 0 Å². The van der Waals surface area contributed by atoms with Crippen molar-refractivity contribution in [3.05, 3.63) is 0 Å².